The predicted octanol–water partition coefficient (Wildman–Crippen LogP) is 2.19. The van der Waals surface area contributed by atoms with E-state index in [1.54, 1.807) is 6.07 Å². The van der Waals surface area contributed by atoms with E-state index in [1.165, 1.54) is 12.1 Å². The smallest absolute Gasteiger partial charge is 0.245 e. The first-order chi connectivity index (χ1) is 9.01. The molecule has 1 aliphatic rings. The molecule has 6 heteroatoms. The summed E-state index contributed by atoms with van der Waals surface area (Å²) in [5, 5.41) is 11.6. The molecule has 1 aromatic carbocycles. The van der Waals surface area contributed by atoms with Crippen molar-refractivity contribution in [3.63, 3.8) is 0 Å². The molecule has 1 aliphatic carbocycles. The number of nitrogens with zero attached hydrogens (tertiary/aromatic N) is 1. The van der Waals surface area contributed by atoms with Gasteiger partial charge in [0.2, 0.25) is 5.91 Å². The Morgan fingerprint density at radius 2 is 2.11 bits per heavy atom. The largest absolute Gasteiger partial charge is 0.352 e. The molecule has 1 N–H and O–H groups in total. The van der Waals surface area contributed by atoms with Crippen LogP contribution >= 0.6 is 15.9 Å². The van der Waals surface area contributed by atoms with Gasteiger partial charge in [-0.1, -0.05) is 15.9 Å². The number of carbonyl (C=O) groups is 2. The molecule has 2 rings (SSSR count). The third-order valence-corrected chi connectivity index (χ3v) is 3.18. The summed E-state index contributed by atoms with van der Waals surface area (Å²) in [5.74, 6) is -3.34. The van der Waals surface area contributed by atoms with E-state index in [0.717, 1.165) is 18.9 Å². The molecule has 0 aliphatic heterocycles. The molecule has 4 nitrogen and oxygen atoms in total. The van der Waals surface area contributed by atoms with Crippen LogP contribution in [0.3, 0.4) is 0 Å². The Morgan fingerprint density at radius 3 is 2.63 bits per heavy atom. The third kappa shape index (κ3) is 3.38. The second-order valence-electron chi connectivity index (χ2n) is 4.37. The van der Waals surface area contributed by atoms with Crippen molar-refractivity contribution in [1.82, 2.24) is 5.32 Å². The van der Waals surface area contributed by atoms with Gasteiger partial charge < -0.3 is 5.32 Å². The summed E-state index contributed by atoms with van der Waals surface area (Å²) in [6.45, 7) is 0. The van der Waals surface area contributed by atoms with Crippen LogP contribution in [0.15, 0.2) is 22.7 Å². The monoisotopic (exact) mass is 324 g/mol. The van der Waals surface area contributed by atoms with Crippen molar-refractivity contribution in [3.8, 4) is 6.07 Å². The van der Waals surface area contributed by atoms with Crippen LogP contribution in [0.5, 0.6) is 0 Å². The van der Waals surface area contributed by atoms with E-state index in [4.69, 9.17) is 5.26 Å². The molecule has 19 heavy (non-hydrogen) atoms. The summed E-state index contributed by atoms with van der Waals surface area (Å²) in [7, 11) is 0. The average Bonchev–Trinajstić information content (AvgIpc) is 3.12. The molecule has 0 bridgehead atoms. The summed E-state index contributed by atoms with van der Waals surface area (Å²) in [5.41, 5.74) is 0.00405. The number of hydrogen-bond donors (Lipinski definition) is 1. The normalized spacial score (nSPS) is 15.4. The van der Waals surface area contributed by atoms with Gasteiger partial charge >= 0.3 is 0 Å². The van der Waals surface area contributed by atoms with Gasteiger partial charge in [-0.2, -0.15) is 5.26 Å². The van der Waals surface area contributed by atoms with Crippen LogP contribution < -0.4 is 5.32 Å². The number of carbonyl (C=O) groups excluding carboxylic acids is 2. The maximum absolute atomic E-state index is 13.2. The Hall–Kier alpha value is -1.74. The first kappa shape index (κ1) is 13.7. The fraction of sp³-hybridized carbons (Fsp3) is 0.308. The number of benzene rings is 1. The molecule has 0 aromatic heterocycles. The molecule has 1 saturated carbocycles. The van der Waals surface area contributed by atoms with Crippen LogP contribution in [0.4, 0.5) is 4.39 Å². The number of Topliss-reactive ketones (excluding diaryl/α,β-unsaturated/α-hetero) is 1. The molecule has 0 spiro atoms. The van der Waals surface area contributed by atoms with E-state index in [-0.39, 0.29) is 11.6 Å². The highest BCUT2D eigenvalue weighted by molar-refractivity contribution is 9.10. The first-order valence-electron chi connectivity index (χ1n) is 5.71. The Labute approximate surface area is 117 Å². The summed E-state index contributed by atoms with van der Waals surface area (Å²) >= 11 is 3.06. The van der Waals surface area contributed by atoms with Gasteiger partial charge in [0, 0.05) is 16.1 Å². The molecule has 0 unspecified atom stereocenters. The number of amides is 1. The maximum Gasteiger partial charge on any atom is 0.245 e. The van der Waals surface area contributed by atoms with Gasteiger partial charge in [-0.25, -0.2) is 4.39 Å². The Bertz CT molecular complexity index is 558. The van der Waals surface area contributed by atoms with E-state index < -0.39 is 23.4 Å². The zero-order chi connectivity index (χ0) is 14.0. The second-order valence-corrected chi connectivity index (χ2v) is 5.28. The van der Waals surface area contributed by atoms with Gasteiger partial charge in [-0.15, -0.1) is 0 Å². The van der Waals surface area contributed by atoms with Gasteiger partial charge in [0.05, 0.1) is 6.07 Å². The summed E-state index contributed by atoms with van der Waals surface area (Å²) in [4.78, 5) is 23.8. The van der Waals surface area contributed by atoms with E-state index in [2.05, 4.69) is 21.2 Å². The summed E-state index contributed by atoms with van der Waals surface area (Å²) in [6, 6.07) is 5.34. The highest BCUT2D eigenvalue weighted by atomic mass is 79.9. The summed E-state index contributed by atoms with van der Waals surface area (Å²) in [6.07, 6.45) is 1.73. The fourth-order valence-corrected chi connectivity index (χ4v) is 2.08. The predicted molar refractivity (Wildman–Crippen MR) is 68.7 cm³/mol. The molecule has 98 valence electrons. The van der Waals surface area contributed by atoms with Crippen LogP contribution in [-0.4, -0.2) is 17.7 Å². The van der Waals surface area contributed by atoms with Gasteiger partial charge in [-0.05, 0) is 31.0 Å². The zero-order valence-electron chi connectivity index (χ0n) is 9.82. The highest BCUT2D eigenvalue weighted by Crippen LogP contribution is 2.21. The zero-order valence-corrected chi connectivity index (χ0v) is 11.4. The van der Waals surface area contributed by atoms with Gasteiger partial charge in [0.25, 0.3) is 0 Å². The van der Waals surface area contributed by atoms with Crippen LogP contribution in [0.2, 0.25) is 0 Å². The van der Waals surface area contributed by atoms with Crippen molar-refractivity contribution in [2.45, 2.75) is 18.9 Å². The first-order valence-corrected chi connectivity index (χ1v) is 6.51. The van der Waals surface area contributed by atoms with Crippen LogP contribution in [0, 0.1) is 23.1 Å². The standard InChI is InChI=1S/C13H10BrFN2O2/c14-8-3-7(4-9(15)5-8)12(18)11(6-16)13(19)17-10-1-2-10/h3-5,10-11H,1-2H2,(H,17,19)/t11-/m0/s1. The molecular weight excluding hydrogens is 315 g/mol. The van der Waals surface area contributed by atoms with E-state index >= 15 is 0 Å². The molecule has 0 saturated heterocycles. The van der Waals surface area contributed by atoms with Crippen molar-refractivity contribution < 1.29 is 14.0 Å². The fourth-order valence-electron chi connectivity index (χ4n) is 1.61. The number of hydrogen-bond acceptors (Lipinski definition) is 3. The highest BCUT2D eigenvalue weighted by Gasteiger charge is 2.32. The minimum atomic E-state index is -1.44. The summed E-state index contributed by atoms with van der Waals surface area (Å²) < 4.78 is 13.6. The Morgan fingerprint density at radius 1 is 1.42 bits per heavy atom. The molecule has 0 radical (unpaired) electrons. The number of rotatable bonds is 4. The lowest BCUT2D eigenvalue weighted by Crippen LogP contribution is -2.36. The van der Waals surface area contributed by atoms with Crippen molar-refractivity contribution in [1.29, 1.82) is 5.26 Å². The molecular formula is C13H10BrFN2O2. The number of ketones is 1. The number of nitrogens with one attached hydrogen (secondary N) is 1. The van der Waals surface area contributed by atoms with Crippen LogP contribution in [0.1, 0.15) is 23.2 Å². The quantitative estimate of drug-likeness (QED) is 0.681. The Balaban J connectivity index is 2.19. The van der Waals surface area contributed by atoms with E-state index in [0.29, 0.717) is 4.47 Å². The lowest BCUT2D eigenvalue weighted by molar-refractivity contribution is -0.122. The number of nitriles is 1. The van der Waals surface area contributed by atoms with Gasteiger partial charge in [-0.3, -0.25) is 9.59 Å². The third-order valence-electron chi connectivity index (χ3n) is 2.72. The molecule has 1 atom stereocenters. The van der Waals surface area contributed by atoms with E-state index in [9.17, 15) is 14.0 Å². The van der Waals surface area contributed by atoms with Gasteiger partial charge in [0.15, 0.2) is 11.7 Å². The van der Waals surface area contributed by atoms with Gasteiger partial charge in [0.1, 0.15) is 5.82 Å². The van der Waals surface area contributed by atoms with Crippen LogP contribution in [-0.2, 0) is 4.79 Å². The van der Waals surface area contributed by atoms with Crippen molar-refractivity contribution in [3.05, 3.63) is 34.1 Å². The minimum Gasteiger partial charge on any atom is -0.352 e. The average molecular weight is 325 g/mol. The topological polar surface area (TPSA) is 70.0 Å². The lowest BCUT2D eigenvalue weighted by atomic mass is 9.98. The maximum atomic E-state index is 13.2. The number of halogens is 2. The van der Waals surface area contributed by atoms with Crippen molar-refractivity contribution in [2.75, 3.05) is 0 Å². The van der Waals surface area contributed by atoms with E-state index in [1.807, 2.05) is 0 Å². The van der Waals surface area contributed by atoms with Crippen molar-refractivity contribution in [2.24, 2.45) is 5.92 Å². The molecule has 1 amide bonds. The van der Waals surface area contributed by atoms with Crippen molar-refractivity contribution >= 4 is 27.6 Å². The second kappa shape index (κ2) is 5.49. The van der Waals surface area contributed by atoms with Crippen LogP contribution in [0.25, 0.3) is 0 Å². The molecule has 1 fully saturated rings. The minimum absolute atomic E-state index is 0.00405. The molecule has 1 aromatic rings. The molecule has 0 heterocycles. The lowest BCUT2D eigenvalue weighted by Gasteiger charge is -2.09. The SMILES string of the molecule is N#C[C@H](C(=O)NC1CC1)C(=O)c1cc(F)cc(Br)c1. The Kier molecular flexibility index (Phi) is 3.96.